The smallest absolute Gasteiger partial charge is 0.186 e. The number of halogens is 1. The zero-order valence-electron chi connectivity index (χ0n) is 11.8. The number of ketones is 1. The van der Waals surface area contributed by atoms with E-state index in [-0.39, 0.29) is 4.90 Å². The first-order valence-corrected chi connectivity index (χ1v) is 8.41. The molecule has 0 N–H and O–H groups in total. The molecule has 0 saturated heterocycles. The van der Waals surface area contributed by atoms with Gasteiger partial charge in [0.15, 0.2) is 15.6 Å². The molecule has 0 heterocycles. The van der Waals surface area contributed by atoms with Gasteiger partial charge in [-0.15, -0.1) is 0 Å². The summed E-state index contributed by atoms with van der Waals surface area (Å²) in [6, 6.07) is 11.5. The first-order valence-electron chi connectivity index (χ1n) is 6.38. The Labute approximate surface area is 129 Å². The summed E-state index contributed by atoms with van der Waals surface area (Å²) in [6.45, 7) is 3.54. The molecule has 0 radical (unpaired) electrons. The highest BCUT2D eigenvalue weighted by Crippen LogP contribution is 2.20. The minimum absolute atomic E-state index is 0.206. The monoisotopic (exact) mass is 322 g/mol. The topological polar surface area (TPSA) is 51.2 Å². The Hall–Kier alpha value is -1.65. The van der Waals surface area contributed by atoms with Crippen molar-refractivity contribution in [2.24, 2.45) is 0 Å². The quantitative estimate of drug-likeness (QED) is 0.808. The van der Waals surface area contributed by atoms with Crippen LogP contribution in [0.25, 0.3) is 0 Å². The van der Waals surface area contributed by atoms with Crippen molar-refractivity contribution in [2.45, 2.75) is 18.7 Å². The third-order valence-electron chi connectivity index (χ3n) is 3.15. The van der Waals surface area contributed by atoms with E-state index in [2.05, 4.69) is 0 Å². The molecular weight excluding hydrogens is 308 g/mol. The minimum Gasteiger partial charge on any atom is -0.293 e. The summed E-state index contributed by atoms with van der Waals surface area (Å²) < 4.78 is 24.8. The number of carbonyl (C=O) groups excluding carboxylic acids is 1. The second kappa shape index (κ2) is 6.00. The zero-order valence-corrected chi connectivity index (χ0v) is 13.3. The summed E-state index contributed by atoms with van der Waals surface area (Å²) in [5.41, 5.74) is 1.78. The Balaban J connectivity index is 2.33. The lowest BCUT2D eigenvalue weighted by Crippen LogP contribution is -2.17. The predicted octanol–water partition coefficient (Wildman–Crippen LogP) is 3.61. The molecule has 21 heavy (non-hydrogen) atoms. The van der Waals surface area contributed by atoms with E-state index in [1.165, 1.54) is 6.07 Å². The lowest BCUT2D eigenvalue weighted by atomic mass is 10.1. The maximum Gasteiger partial charge on any atom is 0.186 e. The molecule has 0 aromatic heterocycles. The fourth-order valence-electron chi connectivity index (χ4n) is 2.04. The van der Waals surface area contributed by atoms with Crippen LogP contribution in [0.2, 0.25) is 5.02 Å². The number of sulfone groups is 1. The van der Waals surface area contributed by atoms with Crippen molar-refractivity contribution < 1.29 is 13.2 Å². The van der Waals surface area contributed by atoms with Gasteiger partial charge in [-0.25, -0.2) is 8.42 Å². The van der Waals surface area contributed by atoms with E-state index in [9.17, 15) is 13.2 Å². The molecule has 2 aromatic carbocycles. The molecule has 0 spiro atoms. The normalized spacial score (nSPS) is 11.4. The van der Waals surface area contributed by atoms with Crippen LogP contribution in [-0.2, 0) is 9.84 Å². The van der Waals surface area contributed by atoms with E-state index in [1.54, 1.807) is 37.3 Å². The highest BCUT2D eigenvalue weighted by Gasteiger charge is 2.22. The average Bonchev–Trinajstić information content (AvgIpc) is 2.41. The number of hydrogen-bond acceptors (Lipinski definition) is 3. The van der Waals surface area contributed by atoms with Crippen molar-refractivity contribution in [1.29, 1.82) is 0 Å². The van der Waals surface area contributed by atoms with Crippen LogP contribution < -0.4 is 0 Å². The number of rotatable bonds is 4. The van der Waals surface area contributed by atoms with Crippen LogP contribution in [0.3, 0.4) is 0 Å². The van der Waals surface area contributed by atoms with Gasteiger partial charge in [-0.05, 0) is 43.2 Å². The molecule has 0 bridgehead atoms. The number of hydrogen-bond donors (Lipinski definition) is 0. The third-order valence-corrected chi connectivity index (χ3v) is 5.13. The molecule has 0 aliphatic heterocycles. The van der Waals surface area contributed by atoms with Gasteiger partial charge in [0, 0.05) is 10.6 Å². The molecule has 0 aliphatic carbocycles. The van der Waals surface area contributed by atoms with Crippen molar-refractivity contribution in [3.8, 4) is 0 Å². The zero-order chi connectivity index (χ0) is 15.6. The Bertz CT molecular complexity index is 795. The van der Waals surface area contributed by atoms with E-state index in [0.29, 0.717) is 16.1 Å². The van der Waals surface area contributed by atoms with Crippen molar-refractivity contribution in [3.05, 3.63) is 64.2 Å². The molecule has 0 amide bonds. The number of Topliss-reactive ketones (excluding diaryl/α,β-unsaturated/α-hetero) is 1. The number of benzene rings is 2. The number of carbonyl (C=O) groups is 1. The molecule has 0 fully saturated rings. The van der Waals surface area contributed by atoms with E-state index >= 15 is 0 Å². The fraction of sp³-hybridized carbons (Fsp3) is 0.188. The Morgan fingerprint density at radius 1 is 1.10 bits per heavy atom. The van der Waals surface area contributed by atoms with Gasteiger partial charge in [0.1, 0.15) is 5.75 Å². The van der Waals surface area contributed by atoms with E-state index < -0.39 is 21.4 Å². The van der Waals surface area contributed by atoms with E-state index in [4.69, 9.17) is 11.6 Å². The van der Waals surface area contributed by atoms with Gasteiger partial charge in [-0.3, -0.25) is 4.79 Å². The molecule has 0 atom stereocenters. The maximum absolute atomic E-state index is 12.4. The summed E-state index contributed by atoms with van der Waals surface area (Å²) in [7, 11) is -3.67. The van der Waals surface area contributed by atoms with Gasteiger partial charge in [-0.1, -0.05) is 35.9 Å². The largest absolute Gasteiger partial charge is 0.293 e. The molecule has 0 saturated carbocycles. The molecule has 5 heteroatoms. The lowest BCUT2D eigenvalue weighted by molar-refractivity contribution is 0.102. The predicted molar refractivity (Wildman–Crippen MR) is 83.8 cm³/mol. The van der Waals surface area contributed by atoms with Crippen LogP contribution in [0.5, 0.6) is 0 Å². The highest BCUT2D eigenvalue weighted by molar-refractivity contribution is 7.92. The summed E-state index contributed by atoms with van der Waals surface area (Å²) in [4.78, 5) is 12.4. The van der Waals surface area contributed by atoms with Crippen molar-refractivity contribution in [2.75, 3.05) is 5.75 Å². The van der Waals surface area contributed by atoms with Gasteiger partial charge >= 0.3 is 0 Å². The first-order chi connectivity index (χ1) is 9.79. The SMILES string of the molecule is Cc1ccc(C)c(S(=O)(=O)CC(=O)c2cccc(Cl)c2)c1. The van der Waals surface area contributed by atoms with Crippen molar-refractivity contribution >= 4 is 27.2 Å². The van der Waals surface area contributed by atoms with Crippen LogP contribution >= 0.6 is 11.6 Å². The van der Waals surface area contributed by atoms with Crippen LogP contribution in [0.1, 0.15) is 21.5 Å². The van der Waals surface area contributed by atoms with E-state index in [1.807, 2.05) is 13.0 Å². The van der Waals surface area contributed by atoms with E-state index in [0.717, 1.165) is 5.56 Å². The maximum atomic E-state index is 12.4. The van der Waals surface area contributed by atoms with Gasteiger partial charge in [-0.2, -0.15) is 0 Å². The summed E-state index contributed by atoms with van der Waals surface area (Å²) in [5, 5.41) is 0.407. The third kappa shape index (κ3) is 3.71. The second-order valence-corrected chi connectivity index (χ2v) is 7.36. The van der Waals surface area contributed by atoms with Crippen molar-refractivity contribution in [3.63, 3.8) is 0 Å². The molecule has 2 aromatic rings. The van der Waals surface area contributed by atoms with Crippen molar-refractivity contribution in [1.82, 2.24) is 0 Å². The summed E-state index contributed by atoms with van der Waals surface area (Å²) in [5.74, 6) is -1.02. The van der Waals surface area contributed by atoms with Crippen LogP contribution in [0.4, 0.5) is 0 Å². The lowest BCUT2D eigenvalue weighted by Gasteiger charge is -2.08. The van der Waals surface area contributed by atoms with Gasteiger partial charge < -0.3 is 0 Å². The minimum atomic E-state index is -3.67. The number of aryl methyl sites for hydroxylation is 2. The molecule has 2 rings (SSSR count). The van der Waals surface area contributed by atoms with Gasteiger partial charge in [0.25, 0.3) is 0 Å². The van der Waals surface area contributed by atoms with Crippen LogP contribution in [0, 0.1) is 13.8 Å². The second-order valence-electron chi connectivity index (χ2n) is 4.96. The standard InChI is InChI=1S/C16H15ClO3S/c1-11-6-7-12(2)16(8-11)21(19,20)10-15(18)13-4-3-5-14(17)9-13/h3-9H,10H2,1-2H3. The molecule has 3 nitrogen and oxygen atoms in total. The first kappa shape index (κ1) is 15.7. The Morgan fingerprint density at radius 2 is 1.81 bits per heavy atom. The molecule has 0 unspecified atom stereocenters. The summed E-state index contributed by atoms with van der Waals surface area (Å²) in [6.07, 6.45) is 0. The molecule has 0 aliphatic rings. The Kier molecular flexibility index (Phi) is 4.49. The Morgan fingerprint density at radius 3 is 2.48 bits per heavy atom. The van der Waals surface area contributed by atoms with Crippen LogP contribution in [-0.4, -0.2) is 20.0 Å². The molecule has 110 valence electrons. The average molecular weight is 323 g/mol. The van der Waals surface area contributed by atoms with Crippen LogP contribution in [0.15, 0.2) is 47.4 Å². The van der Waals surface area contributed by atoms with Gasteiger partial charge in [0.2, 0.25) is 0 Å². The summed E-state index contributed by atoms with van der Waals surface area (Å²) >= 11 is 5.82. The molecular formula is C16H15ClO3S. The fourth-order valence-corrected chi connectivity index (χ4v) is 3.82. The highest BCUT2D eigenvalue weighted by atomic mass is 35.5. The van der Waals surface area contributed by atoms with Gasteiger partial charge in [0.05, 0.1) is 4.90 Å².